The van der Waals surface area contributed by atoms with Crippen molar-refractivity contribution in [3.05, 3.63) is 62.5 Å². The minimum absolute atomic E-state index is 0.0864. The molecule has 0 radical (unpaired) electrons. The fraction of sp³-hybridized carbons (Fsp3) is 0.188. The van der Waals surface area contributed by atoms with Gasteiger partial charge in [-0.25, -0.2) is 0 Å². The lowest BCUT2D eigenvalue weighted by Gasteiger charge is -2.08. The Morgan fingerprint density at radius 2 is 1.86 bits per heavy atom. The van der Waals surface area contributed by atoms with Gasteiger partial charge in [-0.1, -0.05) is 28.1 Å². The lowest BCUT2D eigenvalue weighted by molar-refractivity contribution is 0.0953. The van der Waals surface area contributed by atoms with Crippen LogP contribution in [0.5, 0.6) is 5.75 Å². The van der Waals surface area contributed by atoms with Crippen molar-refractivity contribution in [2.24, 2.45) is 0 Å². The van der Waals surface area contributed by atoms with Gasteiger partial charge in [-0.2, -0.15) is 0 Å². The number of hydrogen-bond donors (Lipinski definition) is 1. The first-order valence-corrected chi connectivity index (χ1v) is 8.05. The summed E-state index contributed by atoms with van der Waals surface area (Å²) in [6.07, 6.45) is 0.779. The minimum Gasteiger partial charge on any atom is -0.497 e. The molecule has 1 amide bonds. The van der Waals surface area contributed by atoms with Gasteiger partial charge in [0.15, 0.2) is 0 Å². The summed E-state index contributed by atoms with van der Waals surface area (Å²) in [5.41, 5.74) is 1.78. The topological polar surface area (TPSA) is 38.3 Å². The van der Waals surface area contributed by atoms with Crippen LogP contribution in [0.25, 0.3) is 0 Å². The van der Waals surface area contributed by atoms with Crippen molar-refractivity contribution >= 4 is 37.8 Å². The molecular formula is C16H15Br2NO2. The van der Waals surface area contributed by atoms with E-state index in [1.807, 2.05) is 36.4 Å². The highest BCUT2D eigenvalue weighted by atomic mass is 79.9. The number of ether oxygens (including phenoxy) is 1. The first kappa shape index (κ1) is 16.0. The average molecular weight is 413 g/mol. The molecule has 110 valence electrons. The van der Waals surface area contributed by atoms with Gasteiger partial charge in [0.05, 0.1) is 12.7 Å². The molecule has 1 N–H and O–H groups in total. The average Bonchev–Trinajstić information content (AvgIpc) is 2.50. The van der Waals surface area contributed by atoms with E-state index >= 15 is 0 Å². The van der Waals surface area contributed by atoms with Gasteiger partial charge in [-0.05, 0) is 58.2 Å². The Bertz CT molecular complexity index is 627. The fourth-order valence-corrected chi connectivity index (χ4v) is 2.67. The molecule has 0 aromatic heterocycles. The highest BCUT2D eigenvalue weighted by molar-refractivity contribution is 9.11. The predicted octanol–water partition coefficient (Wildman–Crippen LogP) is 4.19. The van der Waals surface area contributed by atoms with E-state index in [1.165, 1.54) is 0 Å². The van der Waals surface area contributed by atoms with Gasteiger partial charge in [-0.15, -0.1) is 0 Å². The maximum atomic E-state index is 12.1. The highest BCUT2D eigenvalue weighted by Crippen LogP contribution is 2.21. The van der Waals surface area contributed by atoms with Crippen LogP contribution in [0.2, 0.25) is 0 Å². The van der Waals surface area contributed by atoms with Crippen LogP contribution >= 0.6 is 31.9 Å². The number of benzene rings is 2. The molecule has 0 aliphatic carbocycles. The van der Waals surface area contributed by atoms with Crippen molar-refractivity contribution < 1.29 is 9.53 Å². The molecular weight excluding hydrogens is 398 g/mol. The Hall–Kier alpha value is -1.33. The second-order valence-corrected chi connectivity index (χ2v) is 6.25. The predicted molar refractivity (Wildman–Crippen MR) is 90.9 cm³/mol. The fourth-order valence-electron chi connectivity index (χ4n) is 1.88. The van der Waals surface area contributed by atoms with E-state index in [2.05, 4.69) is 37.2 Å². The first-order valence-electron chi connectivity index (χ1n) is 6.46. The molecule has 0 saturated heterocycles. The van der Waals surface area contributed by atoms with Crippen molar-refractivity contribution in [1.82, 2.24) is 5.32 Å². The van der Waals surface area contributed by atoms with Gasteiger partial charge in [0.2, 0.25) is 0 Å². The summed E-state index contributed by atoms with van der Waals surface area (Å²) in [5, 5.41) is 2.92. The number of methoxy groups -OCH3 is 1. The molecule has 0 saturated carbocycles. The normalized spacial score (nSPS) is 10.2. The molecule has 0 unspecified atom stereocenters. The number of hydrogen-bond acceptors (Lipinski definition) is 2. The monoisotopic (exact) mass is 411 g/mol. The minimum atomic E-state index is -0.0864. The third-order valence-electron chi connectivity index (χ3n) is 3.03. The summed E-state index contributed by atoms with van der Waals surface area (Å²) >= 11 is 6.76. The summed E-state index contributed by atoms with van der Waals surface area (Å²) < 4.78 is 6.78. The van der Waals surface area contributed by atoms with Crippen molar-refractivity contribution in [2.75, 3.05) is 13.7 Å². The number of carbonyl (C=O) groups excluding carboxylic acids is 1. The smallest absolute Gasteiger partial charge is 0.252 e. The van der Waals surface area contributed by atoms with E-state index in [0.717, 1.165) is 26.7 Å². The largest absolute Gasteiger partial charge is 0.497 e. The number of amides is 1. The second kappa shape index (κ2) is 7.61. The third kappa shape index (κ3) is 4.58. The van der Waals surface area contributed by atoms with Crippen molar-refractivity contribution in [3.63, 3.8) is 0 Å². The molecule has 0 aliphatic rings. The van der Waals surface area contributed by atoms with E-state index in [4.69, 9.17) is 4.74 Å². The van der Waals surface area contributed by atoms with Crippen LogP contribution in [-0.4, -0.2) is 19.6 Å². The van der Waals surface area contributed by atoms with E-state index in [9.17, 15) is 4.79 Å². The van der Waals surface area contributed by atoms with Crippen LogP contribution < -0.4 is 10.1 Å². The molecule has 2 aromatic rings. The zero-order chi connectivity index (χ0) is 15.2. The van der Waals surface area contributed by atoms with E-state index < -0.39 is 0 Å². The summed E-state index contributed by atoms with van der Waals surface area (Å²) in [4.78, 5) is 12.1. The number of rotatable bonds is 5. The van der Waals surface area contributed by atoms with Gasteiger partial charge < -0.3 is 10.1 Å². The molecule has 0 atom stereocenters. The second-order valence-electron chi connectivity index (χ2n) is 4.48. The Balaban J connectivity index is 1.90. The van der Waals surface area contributed by atoms with Crippen molar-refractivity contribution in [3.8, 4) is 5.75 Å². The molecule has 2 aromatic carbocycles. The van der Waals surface area contributed by atoms with E-state index in [1.54, 1.807) is 13.2 Å². The molecule has 2 rings (SSSR count). The summed E-state index contributed by atoms with van der Waals surface area (Å²) in [5.74, 6) is 0.748. The lowest BCUT2D eigenvalue weighted by atomic mass is 10.1. The third-order valence-corrected chi connectivity index (χ3v) is 4.22. The van der Waals surface area contributed by atoms with Crippen LogP contribution in [0.4, 0.5) is 0 Å². The van der Waals surface area contributed by atoms with Crippen LogP contribution in [-0.2, 0) is 6.42 Å². The van der Waals surface area contributed by atoms with Gasteiger partial charge in [0.1, 0.15) is 5.75 Å². The first-order chi connectivity index (χ1) is 10.1. The standard InChI is InChI=1S/C16H15Br2NO2/c1-21-13-5-2-11(3-6-13)8-9-19-16(20)14-10-12(17)4-7-15(14)18/h2-7,10H,8-9H2,1H3,(H,19,20). The zero-order valence-corrected chi connectivity index (χ0v) is 14.7. The molecule has 0 fully saturated rings. The van der Waals surface area contributed by atoms with Gasteiger partial charge >= 0.3 is 0 Å². The van der Waals surface area contributed by atoms with Crippen LogP contribution in [0.3, 0.4) is 0 Å². The molecule has 21 heavy (non-hydrogen) atoms. The zero-order valence-electron chi connectivity index (χ0n) is 11.5. The summed E-state index contributed by atoms with van der Waals surface area (Å²) in [7, 11) is 1.64. The SMILES string of the molecule is COc1ccc(CCNC(=O)c2cc(Br)ccc2Br)cc1. The molecule has 0 spiro atoms. The van der Waals surface area contributed by atoms with Crippen LogP contribution in [0.1, 0.15) is 15.9 Å². The number of carbonyl (C=O) groups is 1. The maximum absolute atomic E-state index is 12.1. The molecule has 0 bridgehead atoms. The molecule has 5 heteroatoms. The Morgan fingerprint density at radius 1 is 1.14 bits per heavy atom. The molecule has 0 heterocycles. The highest BCUT2D eigenvalue weighted by Gasteiger charge is 2.09. The summed E-state index contributed by atoms with van der Waals surface area (Å²) in [6.45, 7) is 0.587. The molecule has 0 aliphatic heterocycles. The van der Waals surface area contributed by atoms with Crippen LogP contribution in [0, 0.1) is 0 Å². The van der Waals surface area contributed by atoms with Crippen molar-refractivity contribution in [2.45, 2.75) is 6.42 Å². The van der Waals surface area contributed by atoms with Crippen molar-refractivity contribution in [1.29, 1.82) is 0 Å². The Kier molecular flexibility index (Phi) is 5.82. The van der Waals surface area contributed by atoms with Crippen LogP contribution in [0.15, 0.2) is 51.4 Å². The van der Waals surface area contributed by atoms with E-state index in [0.29, 0.717) is 12.1 Å². The number of nitrogens with one attached hydrogen (secondary N) is 1. The lowest BCUT2D eigenvalue weighted by Crippen LogP contribution is -2.26. The maximum Gasteiger partial charge on any atom is 0.252 e. The van der Waals surface area contributed by atoms with Gasteiger partial charge in [-0.3, -0.25) is 4.79 Å². The van der Waals surface area contributed by atoms with E-state index in [-0.39, 0.29) is 5.91 Å². The van der Waals surface area contributed by atoms with Gasteiger partial charge in [0.25, 0.3) is 5.91 Å². The Morgan fingerprint density at radius 3 is 2.52 bits per heavy atom. The number of halogens is 2. The molecule has 3 nitrogen and oxygen atoms in total. The van der Waals surface area contributed by atoms with Gasteiger partial charge in [0, 0.05) is 15.5 Å². The summed E-state index contributed by atoms with van der Waals surface area (Å²) in [6, 6.07) is 13.4. The quantitative estimate of drug-likeness (QED) is 0.799. The Labute approximate surface area is 141 Å².